The second-order valence-corrected chi connectivity index (χ2v) is 7.11. The highest BCUT2D eigenvalue weighted by atomic mass is 79.9. The van der Waals surface area contributed by atoms with Gasteiger partial charge in [-0.3, -0.25) is 9.59 Å². The van der Waals surface area contributed by atoms with Gasteiger partial charge in [0.05, 0.1) is 11.8 Å². The van der Waals surface area contributed by atoms with E-state index in [1.165, 1.54) is 0 Å². The summed E-state index contributed by atoms with van der Waals surface area (Å²) in [6.45, 7) is 3.98. The molecule has 1 aliphatic rings. The molecule has 0 radical (unpaired) electrons. The summed E-state index contributed by atoms with van der Waals surface area (Å²) < 4.78 is 0.949. The molecule has 24 heavy (non-hydrogen) atoms. The van der Waals surface area contributed by atoms with Gasteiger partial charge in [0.25, 0.3) is 0 Å². The molecule has 2 N–H and O–H groups in total. The molecule has 124 valence electrons. The van der Waals surface area contributed by atoms with Crippen LogP contribution in [0.15, 0.2) is 46.9 Å². The van der Waals surface area contributed by atoms with Gasteiger partial charge in [0.2, 0.25) is 11.8 Å². The average Bonchev–Trinajstić information content (AvgIpc) is 3.34. The molecule has 1 aliphatic carbocycles. The first-order valence-electron chi connectivity index (χ1n) is 7.88. The maximum absolute atomic E-state index is 12.3. The molecule has 2 aromatic carbocycles. The molecule has 3 rings (SSSR count). The minimum atomic E-state index is -0.254. The van der Waals surface area contributed by atoms with Crippen LogP contribution < -0.4 is 10.6 Å². The number of amides is 2. The van der Waals surface area contributed by atoms with Crippen molar-refractivity contribution in [2.75, 3.05) is 10.6 Å². The van der Waals surface area contributed by atoms with Gasteiger partial charge in [-0.05, 0) is 50.1 Å². The van der Waals surface area contributed by atoms with Gasteiger partial charge in [-0.2, -0.15) is 0 Å². The van der Waals surface area contributed by atoms with Crippen LogP contribution in [-0.4, -0.2) is 11.8 Å². The number of aryl methyl sites for hydroxylation is 2. The summed E-state index contributed by atoms with van der Waals surface area (Å²) in [6, 6.07) is 13.3. The Morgan fingerprint density at radius 3 is 2.04 bits per heavy atom. The van der Waals surface area contributed by atoms with Crippen molar-refractivity contribution in [3.63, 3.8) is 0 Å². The Morgan fingerprint density at radius 1 is 0.917 bits per heavy atom. The maximum Gasteiger partial charge on any atom is 0.228 e. The summed E-state index contributed by atoms with van der Waals surface area (Å²) >= 11 is 3.45. The Morgan fingerprint density at radius 2 is 1.46 bits per heavy atom. The molecule has 0 bridgehead atoms. The normalized spacial score (nSPS) is 18.8. The van der Waals surface area contributed by atoms with E-state index in [0.29, 0.717) is 6.42 Å². The predicted molar refractivity (Wildman–Crippen MR) is 98.9 cm³/mol. The van der Waals surface area contributed by atoms with Crippen molar-refractivity contribution in [2.45, 2.75) is 20.3 Å². The van der Waals surface area contributed by atoms with Crippen molar-refractivity contribution >= 4 is 39.1 Å². The summed E-state index contributed by atoms with van der Waals surface area (Å²) in [4.78, 5) is 24.5. The Labute approximate surface area is 149 Å². The minimum Gasteiger partial charge on any atom is -0.326 e. The summed E-state index contributed by atoms with van der Waals surface area (Å²) in [5, 5.41) is 5.75. The van der Waals surface area contributed by atoms with Crippen LogP contribution >= 0.6 is 15.9 Å². The lowest BCUT2D eigenvalue weighted by atomic mass is 10.2. The molecule has 5 heteroatoms. The molecular weight excluding hydrogens is 368 g/mol. The van der Waals surface area contributed by atoms with Crippen LogP contribution in [0.1, 0.15) is 17.5 Å². The summed E-state index contributed by atoms with van der Waals surface area (Å²) in [5.74, 6) is -0.699. The standard InChI is InChI=1S/C19H19BrN2O2/c1-11-3-6-13(7-4-11)21-18(23)15-10-16(15)19(24)22-14-8-5-12(2)17(20)9-14/h3-9,15-16H,10H2,1-2H3,(H,21,23)(H,22,24). The fraction of sp³-hybridized carbons (Fsp3) is 0.263. The molecule has 2 amide bonds. The topological polar surface area (TPSA) is 58.2 Å². The zero-order valence-electron chi connectivity index (χ0n) is 13.6. The van der Waals surface area contributed by atoms with Gasteiger partial charge < -0.3 is 10.6 Å². The molecule has 4 nitrogen and oxygen atoms in total. The monoisotopic (exact) mass is 386 g/mol. The Balaban J connectivity index is 1.55. The van der Waals surface area contributed by atoms with Gasteiger partial charge in [-0.15, -0.1) is 0 Å². The summed E-state index contributed by atoms with van der Waals surface area (Å²) in [5.41, 5.74) is 3.75. The van der Waals surface area contributed by atoms with Crippen LogP contribution in [0.4, 0.5) is 11.4 Å². The third-order valence-electron chi connectivity index (χ3n) is 4.22. The molecule has 1 fully saturated rings. The van der Waals surface area contributed by atoms with Crippen LogP contribution in [0.2, 0.25) is 0 Å². The molecule has 0 aliphatic heterocycles. The van der Waals surface area contributed by atoms with E-state index in [1.54, 1.807) is 0 Å². The zero-order valence-corrected chi connectivity index (χ0v) is 15.2. The fourth-order valence-corrected chi connectivity index (χ4v) is 2.93. The Bertz CT molecular complexity index is 786. The Hall–Kier alpha value is -2.14. The lowest BCUT2D eigenvalue weighted by Crippen LogP contribution is -2.20. The van der Waals surface area contributed by atoms with E-state index in [9.17, 15) is 9.59 Å². The number of hydrogen-bond donors (Lipinski definition) is 2. The number of halogens is 1. The van der Waals surface area contributed by atoms with Crippen LogP contribution in [0.25, 0.3) is 0 Å². The first kappa shape index (κ1) is 16.7. The molecule has 2 aromatic rings. The number of carbonyl (C=O) groups is 2. The SMILES string of the molecule is Cc1ccc(NC(=O)C2CC2C(=O)Nc2ccc(C)c(Br)c2)cc1. The highest BCUT2D eigenvalue weighted by Crippen LogP contribution is 2.40. The molecule has 0 spiro atoms. The number of nitrogens with one attached hydrogen (secondary N) is 2. The first-order chi connectivity index (χ1) is 11.4. The van der Waals surface area contributed by atoms with Crippen molar-refractivity contribution in [3.05, 3.63) is 58.1 Å². The second-order valence-electron chi connectivity index (χ2n) is 6.26. The van der Waals surface area contributed by atoms with Gasteiger partial charge in [0.15, 0.2) is 0 Å². The van der Waals surface area contributed by atoms with Crippen molar-refractivity contribution in [1.82, 2.24) is 0 Å². The number of hydrogen-bond acceptors (Lipinski definition) is 2. The van der Waals surface area contributed by atoms with E-state index in [1.807, 2.05) is 56.3 Å². The van der Waals surface area contributed by atoms with E-state index in [-0.39, 0.29) is 23.7 Å². The second kappa shape index (κ2) is 6.77. The van der Waals surface area contributed by atoms with E-state index in [4.69, 9.17) is 0 Å². The summed E-state index contributed by atoms with van der Waals surface area (Å²) in [7, 11) is 0. The van der Waals surface area contributed by atoms with Gasteiger partial charge in [-0.1, -0.05) is 39.7 Å². The Kier molecular flexibility index (Phi) is 4.71. The maximum atomic E-state index is 12.3. The molecule has 0 saturated heterocycles. The van der Waals surface area contributed by atoms with Gasteiger partial charge in [0, 0.05) is 15.8 Å². The van der Waals surface area contributed by atoms with Crippen molar-refractivity contribution < 1.29 is 9.59 Å². The third-order valence-corrected chi connectivity index (χ3v) is 5.08. The van der Waals surface area contributed by atoms with Gasteiger partial charge in [-0.25, -0.2) is 0 Å². The first-order valence-corrected chi connectivity index (χ1v) is 8.68. The quantitative estimate of drug-likeness (QED) is 0.823. The van der Waals surface area contributed by atoms with E-state index >= 15 is 0 Å². The van der Waals surface area contributed by atoms with Crippen molar-refractivity contribution in [1.29, 1.82) is 0 Å². The third kappa shape index (κ3) is 3.85. The van der Waals surface area contributed by atoms with E-state index in [0.717, 1.165) is 27.0 Å². The smallest absolute Gasteiger partial charge is 0.228 e. The number of carbonyl (C=O) groups excluding carboxylic acids is 2. The van der Waals surface area contributed by atoms with Crippen LogP contribution in [-0.2, 0) is 9.59 Å². The molecule has 0 aromatic heterocycles. The predicted octanol–water partition coefficient (Wildman–Crippen LogP) is 4.28. The molecule has 2 atom stereocenters. The highest BCUT2D eigenvalue weighted by Gasteiger charge is 2.48. The van der Waals surface area contributed by atoms with Crippen LogP contribution in [0.5, 0.6) is 0 Å². The number of rotatable bonds is 4. The van der Waals surface area contributed by atoms with Crippen molar-refractivity contribution in [3.8, 4) is 0 Å². The van der Waals surface area contributed by atoms with Crippen LogP contribution in [0, 0.1) is 25.7 Å². The van der Waals surface area contributed by atoms with Gasteiger partial charge >= 0.3 is 0 Å². The number of benzene rings is 2. The highest BCUT2D eigenvalue weighted by molar-refractivity contribution is 9.10. The number of anilines is 2. The lowest BCUT2D eigenvalue weighted by Gasteiger charge is -2.07. The summed E-state index contributed by atoms with van der Waals surface area (Å²) in [6.07, 6.45) is 0.594. The molecule has 1 saturated carbocycles. The average molecular weight is 387 g/mol. The van der Waals surface area contributed by atoms with Crippen molar-refractivity contribution in [2.24, 2.45) is 11.8 Å². The molecular formula is C19H19BrN2O2. The fourth-order valence-electron chi connectivity index (χ4n) is 2.55. The lowest BCUT2D eigenvalue weighted by molar-refractivity contribution is -0.122. The van der Waals surface area contributed by atoms with E-state index in [2.05, 4.69) is 26.6 Å². The largest absolute Gasteiger partial charge is 0.326 e. The van der Waals surface area contributed by atoms with Crippen LogP contribution in [0.3, 0.4) is 0 Å². The molecule has 2 unspecified atom stereocenters. The zero-order chi connectivity index (χ0) is 17.3. The van der Waals surface area contributed by atoms with Gasteiger partial charge in [0.1, 0.15) is 0 Å². The minimum absolute atomic E-state index is 0.0934. The molecule has 0 heterocycles. The van der Waals surface area contributed by atoms with E-state index < -0.39 is 0 Å².